The Bertz CT molecular complexity index is 974. The number of hydrogen-bond acceptors (Lipinski definition) is 6. The first-order valence-electron chi connectivity index (χ1n) is 7.98. The van der Waals surface area contributed by atoms with Crippen molar-refractivity contribution < 1.29 is 27.5 Å². The van der Waals surface area contributed by atoms with Gasteiger partial charge in [0.1, 0.15) is 22.3 Å². The van der Waals surface area contributed by atoms with E-state index in [0.29, 0.717) is 28.5 Å². The molecule has 0 fully saturated rings. The van der Waals surface area contributed by atoms with Crippen LogP contribution >= 0.6 is 11.6 Å². The summed E-state index contributed by atoms with van der Waals surface area (Å²) >= 11 is 6.25. The lowest BCUT2D eigenvalue weighted by Crippen LogP contribution is -2.01. The van der Waals surface area contributed by atoms with Gasteiger partial charge in [-0.15, -0.1) is 0 Å². The van der Waals surface area contributed by atoms with Crippen LogP contribution in [0.5, 0.6) is 17.2 Å². The van der Waals surface area contributed by atoms with E-state index in [2.05, 4.69) is 14.9 Å². The number of alkyl halides is 2. The van der Waals surface area contributed by atoms with E-state index in [1.54, 1.807) is 43.5 Å². The topological polar surface area (TPSA) is 66.6 Å². The third-order valence-electron chi connectivity index (χ3n) is 3.68. The van der Waals surface area contributed by atoms with Gasteiger partial charge in [0.05, 0.1) is 19.8 Å². The van der Waals surface area contributed by atoms with Crippen molar-refractivity contribution in [2.75, 3.05) is 14.2 Å². The van der Waals surface area contributed by atoms with E-state index in [9.17, 15) is 8.78 Å². The third-order valence-corrected chi connectivity index (χ3v) is 3.95. The van der Waals surface area contributed by atoms with Crippen molar-refractivity contribution in [2.24, 2.45) is 0 Å². The highest BCUT2D eigenvalue weighted by atomic mass is 35.5. The van der Waals surface area contributed by atoms with E-state index >= 15 is 0 Å². The van der Waals surface area contributed by atoms with Crippen LogP contribution < -0.4 is 14.2 Å². The average Bonchev–Trinajstić information content (AvgIpc) is 3.18. The second kappa shape index (κ2) is 8.71. The Labute approximate surface area is 164 Å². The number of ether oxygens (including phenoxy) is 3. The molecule has 146 valence electrons. The Morgan fingerprint density at radius 2 is 1.79 bits per heavy atom. The van der Waals surface area contributed by atoms with Crippen molar-refractivity contribution in [3.05, 3.63) is 53.9 Å². The van der Waals surface area contributed by atoms with Gasteiger partial charge in [-0.05, 0) is 35.9 Å². The Morgan fingerprint density at radius 1 is 1.07 bits per heavy atom. The normalized spacial score (nSPS) is 11.6. The van der Waals surface area contributed by atoms with Crippen molar-refractivity contribution in [1.82, 2.24) is 10.1 Å². The Hall–Kier alpha value is -3.13. The summed E-state index contributed by atoms with van der Waals surface area (Å²) in [5.41, 5.74) is 1.25. The number of halogens is 3. The lowest BCUT2D eigenvalue weighted by Gasteiger charge is -2.07. The molecule has 0 aliphatic carbocycles. The third kappa shape index (κ3) is 4.58. The molecule has 0 amide bonds. The summed E-state index contributed by atoms with van der Waals surface area (Å²) in [6.45, 7) is -2.88. The highest BCUT2D eigenvalue weighted by Gasteiger charge is 2.16. The first kappa shape index (κ1) is 19.6. The van der Waals surface area contributed by atoms with Crippen LogP contribution in [0.1, 0.15) is 11.5 Å². The molecule has 0 aliphatic rings. The van der Waals surface area contributed by atoms with E-state index in [1.807, 2.05) is 0 Å². The van der Waals surface area contributed by atoms with Gasteiger partial charge in [0.25, 0.3) is 5.89 Å². The van der Waals surface area contributed by atoms with E-state index < -0.39 is 6.61 Å². The van der Waals surface area contributed by atoms with Gasteiger partial charge >= 0.3 is 6.61 Å². The molecule has 9 heteroatoms. The number of benzene rings is 2. The van der Waals surface area contributed by atoms with Crippen molar-refractivity contribution in [3.63, 3.8) is 0 Å². The van der Waals surface area contributed by atoms with E-state index in [1.165, 1.54) is 19.2 Å². The smallest absolute Gasteiger partial charge is 0.387 e. The summed E-state index contributed by atoms with van der Waals surface area (Å²) in [7, 11) is 3.07. The average molecular weight is 409 g/mol. The van der Waals surface area contributed by atoms with Gasteiger partial charge in [0, 0.05) is 6.07 Å². The van der Waals surface area contributed by atoms with Crippen LogP contribution in [0.25, 0.3) is 22.5 Å². The van der Waals surface area contributed by atoms with Gasteiger partial charge in [-0.25, -0.2) is 0 Å². The summed E-state index contributed by atoms with van der Waals surface area (Å²) in [4.78, 5) is 4.27. The zero-order valence-electron chi connectivity index (χ0n) is 14.9. The molecular formula is C19H15ClF2N2O4. The summed E-state index contributed by atoms with van der Waals surface area (Å²) in [6, 6.07) is 11.1. The van der Waals surface area contributed by atoms with E-state index in [-0.39, 0.29) is 16.7 Å². The zero-order chi connectivity index (χ0) is 20.1. The number of hydrogen-bond donors (Lipinski definition) is 0. The van der Waals surface area contributed by atoms with Crippen LogP contribution in [-0.2, 0) is 0 Å². The summed E-state index contributed by atoms with van der Waals surface area (Å²) < 4.78 is 44.4. The number of aromatic nitrogens is 2. The highest BCUT2D eigenvalue weighted by molar-refractivity contribution is 6.50. The van der Waals surface area contributed by atoms with Gasteiger partial charge in [0.2, 0.25) is 5.82 Å². The van der Waals surface area contributed by atoms with Crippen LogP contribution in [0.4, 0.5) is 8.78 Å². The minimum atomic E-state index is -2.88. The lowest BCUT2D eigenvalue weighted by molar-refractivity contribution is -0.0498. The molecule has 1 heterocycles. The maximum Gasteiger partial charge on any atom is 0.387 e. The Morgan fingerprint density at radius 3 is 2.43 bits per heavy atom. The molecule has 3 rings (SSSR count). The molecule has 1 aromatic heterocycles. The molecule has 0 saturated carbocycles. The molecule has 2 aromatic carbocycles. The molecule has 0 N–H and O–H groups in total. The summed E-state index contributed by atoms with van der Waals surface area (Å²) in [5.74, 6) is 1.59. The molecule has 0 bridgehead atoms. The van der Waals surface area contributed by atoms with Gasteiger partial charge in [-0.3, -0.25) is 0 Å². The number of methoxy groups -OCH3 is 2. The largest absolute Gasteiger partial charge is 0.497 e. The predicted molar refractivity (Wildman–Crippen MR) is 99.6 cm³/mol. The number of nitrogens with zero attached hydrogens (tertiary/aromatic N) is 2. The molecule has 0 radical (unpaired) electrons. The van der Waals surface area contributed by atoms with Crippen molar-refractivity contribution >= 4 is 22.7 Å². The Kier molecular flexibility index (Phi) is 6.10. The standard InChI is InChI=1S/C19H15ClF2N2O4/c1-25-13-7-8-14(16(10-13)26-2)17-23-18(28-24-17)15(20)9-11-3-5-12(6-4-11)27-19(21)22/h3-10,19H,1-2H3/b15-9-. The zero-order valence-corrected chi connectivity index (χ0v) is 15.6. The van der Waals surface area contributed by atoms with E-state index in [4.69, 9.17) is 25.6 Å². The van der Waals surface area contributed by atoms with Gasteiger partial charge in [0.15, 0.2) is 0 Å². The fourth-order valence-electron chi connectivity index (χ4n) is 2.37. The van der Waals surface area contributed by atoms with E-state index in [0.717, 1.165) is 0 Å². The van der Waals surface area contributed by atoms with Crippen LogP contribution in [0, 0.1) is 0 Å². The Balaban J connectivity index is 1.82. The van der Waals surface area contributed by atoms with Crippen molar-refractivity contribution in [3.8, 4) is 28.6 Å². The van der Waals surface area contributed by atoms with Gasteiger partial charge in [-0.1, -0.05) is 28.9 Å². The maximum absolute atomic E-state index is 12.2. The molecule has 28 heavy (non-hydrogen) atoms. The van der Waals surface area contributed by atoms with Crippen molar-refractivity contribution in [2.45, 2.75) is 6.61 Å². The molecule has 3 aromatic rings. The first-order valence-corrected chi connectivity index (χ1v) is 8.36. The van der Waals surface area contributed by atoms with Crippen LogP contribution in [0.15, 0.2) is 47.0 Å². The molecule has 6 nitrogen and oxygen atoms in total. The van der Waals surface area contributed by atoms with Gasteiger partial charge < -0.3 is 18.7 Å². The number of rotatable bonds is 7. The van der Waals surface area contributed by atoms with Crippen molar-refractivity contribution in [1.29, 1.82) is 0 Å². The SMILES string of the molecule is COc1ccc(-c2noc(/C(Cl)=C/c3ccc(OC(F)F)cc3)n2)c(OC)c1. The molecule has 0 unspecified atom stereocenters. The predicted octanol–water partition coefficient (Wildman–Crippen LogP) is 5.09. The fourth-order valence-corrected chi connectivity index (χ4v) is 2.57. The molecular weight excluding hydrogens is 394 g/mol. The van der Waals surface area contributed by atoms with Crippen LogP contribution in [-0.4, -0.2) is 31.0 Å². The summed E-state index contributed by atoms with van der Waals surface area (Å²) in [6.07, 6.45) is 1.57. The van der Waals surface area contributed by atoms with Gasteiger partial charge in [-0.2, -0.15) is 13.8 Å². The quantitative estimate of drug-likeness (QED) is 0.542. The fraction of sp³-hybridized carbons (Fsp3) is 0.158. The minimum Gasteiger partial charge on any atom is -0.497 e. The maximum atomic E-state index is 12.2. The van der Waals surface area contributed by atoms with Crippen LogP contribution in [0.2, 0.25) is 0 Å². The lowest BCUT2D eigenvalue weighted by atomic mass is 10.2. The molecule has 0 aliphatic heterocycles. The highest BCUT2D eigenvalue weighted by Crippen LogP contribution is 2.33. The monoisotopic (exact) mass is 408 g/mol. The first-order chi connectivity index (χ1) is 13.5. The second-order valence-electron chi connectivity index (χ2n) is 5.43. The molecule has 0 spiro atoms. The molecule has 0 atom stereocenters. The summed E-state index contributed by atoms with van der Waals surface area (Å²) in [5, 5.41) is 4.11. The molecule has 0 saturated heterocycles. The minimum absolute atomic E-state index is 0.0509. The second-order valence-corrected chi connectivity index (χ2v) is 5.84. The van der Waals surface area contributed by atoms with Crippen LogP contribution in [0.3, 0.4) is 0 Å².